The number of aryl methyl sites for hydroxylation is 1. The van der Waals surface area contributed by atoms with Crippen LogP contribution in [0.15, 0.2) is 12.4 Å². The highest BCUT2D eigenvalue weighted by Crippen LogP contribution is 2.24. The summed E-state index contributed by atoms with van der Waals surface area (Å²) >= 11 is 0. The van der Waals surface area contributed by atoms with Crippen LogP contribution in [0.3, 0.4) is 0 Å². The van der Waals surface area contributed by atoms with Crippen LogP contribution in [0.25, 0.3) is 0 Å². The standard InChI is InChI=1S/C10H18N4O2/c1-13-4-7(3-12-13)8(2-11)14-5-9(15)10(16)6-14/h3-4,8-10,15-16H,2,5-6,11H2,1H3. The molecule has 1 aliphatic rings. The summed E-state index contributed by atoms with van der Waals surface area (Å²) in [5.41, 5.74) is 6.76. The lowest BCUT2D eigenvalue weighted by atomic mass is 10.1. The lowest BCUT2D eigenvalue weighted by molar-refractivity contribution is 0.0572. The van der Waals surface area contributed by atoms with Gasteiger partial charge in [-0.15, -0.1) is 0 Å². The van der Waals surface area contributed by atoms with Crippen molar-refractivity contribution in [3.05, 3.63) is 18.0 Å². The van der Waals surface area contributed by atoms with Gasteiger partial charge >= 0.3 is 0 Å². The van der Waals surface area contributed by atoms with E-state index in [0.717, 1.165) is 5.56 Å². The SMILES string of the molecule is Cn1cc(C(CN)N2CC(O)C(O)C2)cn1. The van der Waals surface area contributed by atoms with E-state index in [4.69, 9.17) is 5.73 Å². The zero-order valence-corrected chi connectivity index (χ0v) is 9.32. The topological polar surface area (TPSA) is 87.5 Å². The molecule has 0 aromatic carbocycles. The van der Waals surface area contributed by atoms with Gasteiger partial charge in [-0.1, -0.05) is 0 Å². The Morgan fingerprint density at radius 2 is 2.12 bits per heavy atom. The highest BCUT2D eigenvalue weighted by molar-refractivity contribution is 5.12. The van der Waals surface area contributed by atoms with Gasteiger partial charge in [-0.3, -0.25) is 9.58 Å². The van der Waals surface area contributed by atoms with Crippen molar-refractivity contribution in [3.63, 3.8) is 0 Å². The molecule has 3 unspecified atom stereocenters. The van der Waals surface area contributed by atoms with E-state index in [0.29, 0.717) is 19.6 Å². The first kappa shape index (κ1) is 11.5. The third kappa shape index (κ3) is 2.10. The van der Waals surface area contributed by atoms with E-state index in [9.17, 15) is 10.2 Å². The Labute approximate surface area is 94.3 Å². The quantitative estimate of drug-likeness (QED) is 0.581. The molecule has 2 rings (SSSR count). The highest BCUT2D eigenvalue weighted by Gasteiger charge is 2.34. The Morgan fingerprint density at radius 1 is 1.50 bits per heavy atom. The molecule has 0 aliphatic carbocycles. The van der Waals surface area contributed by atoms with Crippen LogP contribution in [0.5, 0.6) is 0 Å². The van der Waals surface area contributed by atoms with Crippen molar-refractivity contribution in [2.45, 2.75) is 18.2 Å². The van der Waals surface area contributed by atoms with Crippen LogP contribution in [0, 0.1) is 0 Å². The fourth-order valence-electron chi connectivity index (χ4n) is 2.16. The average molecular weight is 226 g/mol. The van der Waals surface area contributed by atoms with Gasteiger partial charge in [-0.2, -0.15) is 5.10 Å². The molecule has 6 nitrogen and oxygen atoms in total. The maximum Gasteiger partial charge on any atom is 0.0938 e. The molecule has 3 atom stereocenters. The second-order valence-corrected chi connectivity index (χ2v) is 4.29. The molecule has 0 bridgehead atoms. The molecule has 1 fully saturated rings. The Bertz CT molecular complexity index is 344. The Hall–Kier alpha value is -0.950. The second kappa shape index (κ2) is 4.50. The van der Waals surface area contributed by atoms with E-state index in [-0.39, 0.29) is 6.04 Å². The predicted octanol–water partition coefficient (Wildman–Crippen LogP) is -1.54. The van der Waals surface area contributed by atoms with Crippen LogP contribution in [-0.2, 0) is 7.05 Å². The van der Waals surface area contributed by atoms with Crippen molar-refractivity contribution in [2.75, 3.05) is 19.6 Å². The molecule has 4 N–H and O–H groups in total. The summed E-state index contributed by atoms with van der Waals surface area (Å²) in [4.78, 5) is 1.99. The number of nitrogens with zero attached hydrogens (tertiary/aromatic N) is 3. The van der Waals surface area contributed by atoms with Gasteiger partial charge in [0.1, 0.15) is 0 Å². The van der Waals surface area contributed by atoms with Gasteiger partial charge < -0.3 is 15.9 Å². The number of β-amino-alcohol motifs (C(OH)–C–C–N with tert-alkyl or cyclic N) is 2. The van der Waals surface area contributed by atoms with Gasteiger partial charge in [0.25, 0.3) is 0 Å². The number of rotatable bonds is 3. The summed E-state index contributed by atoms with van der Waals surface area (Å²) in [5.74, 6) is 0. The van der Waals surface area contributed by atoms with Crippen LogP contribution in [0.2, 0.25) is 0 Å². The van der Waals surface area contributed by atoms with Crippen molar-refractivity contribution in [3.8, 4) is 0 Å². The third-order valence-corrected chi connectivity index (χ3v) is 3.06. The summed E-state index contributed by atoms with van der Waals surface area (Å²) in [5, 5.41) is 23.1. The minimum Gasteiger partial charge on any atom is -0.389 e. The summed E-state index contributed by atoms with van der Waals surface area (Å²) < 4.78 is 1.72. The maximum atomic E-state index is 9.51. The van der Waals surface area contributed by atoms with E-state index in [1.54, 1.807) is 10.9 Å². The number of aliphatic hydroxyl groups excluding tert-OH is 2. The van der Waals surface area contributed by atoms with Crippen LogP contribution >= 0.6 is 0 Å². The number of likely N-dealkylation sites (tertiary alicyclic amines) is 1. The first-order valence-electron chi connectivity index (χ1n) is 5.40. The van der Waals surface area contributed by atoms with Crippen molar-refractivity contribution < 1.29 is 10.2 Å². The van der Waals surface area contributed by atoms with Gasteiger partial charge in [0.15, 0.2) is 0 Å². The number of aromatic nitrogens is 2. The minimum absolute atomic E-state index is 0.0144. The molecule has 2 heterocycles. The highest BCUT2D eigenvalue weighted by atomic mass is 16.3. The number of aliphatic hydroxyl groups is 2. The second-order valence-electron chi connectivity index (χ2n) is 4.29. The fourth-order valence-corrected chi connectivity index (χ4v) is 2.16. The maximum absolute atomic E-state index is 9.51. The fraction of sp³-hybridized carbons (Fsp3) is 0.700. The van der Waals surface area contributed by atoms with Gasteiger partial charge in [-0.25, -0.2) is 0 Å². The van der Waals surface area contributed by atoms with Crippen LogP contribution in [0.1, 0.15) is 11.6 Å². The predicted molar refractivity (Wildman–Crippen MR) is 58.6 cm³/mol. The molecule has 0 radical (unpaired) electrons. The first-order valence-corrected chi connectivity index (χ1v) is 5.40. The first-order chi connectivity index (χ1) is 7.61. The summed E-state index contributed by atoms with van der Waals surface area (Å²) in [6.45, 7) is 1.36. The normalized spacial score (nSPS) is 28.5. The Kier molecular flexibility index (Phi) is 3.25. The molecule has 6 heteroatoms. The van der Waals surface area contributed by atoms with Gasteiger partial charge in [-0.05, 0) is 0 Å². The molecule has 0 amide bonds. The molecule has 16 heavy (non-hydrogen) atoms. The number of hydrogen-bond donors (Lipinski definition) is 3. The molecule has 1 aromatic heterocycles. The van der Waals surface area contributed by atoms with Crippen LogP contribution in [-0.4, -0.2) is 56.7 Å². The minimum atomic E-state index is -0.675. The number of nitrogens with two attached hydrogens (primary N) is 1. The van der Waals surface area contributed by atoms with E-state index >= 15 is 0 Å². The zero-order chi connectivity index (χ0) is 11.7. The van der Waals surface area contributed by atoms with Crippen molar-refractivity contribution >= 4 is 0 Å². The van der Waals surface area contributed by atoms with Crippen LogP contribution in [0.4, 0.5) is 0 Å². The lowest BCUT2D eigenvalue weighted by Gasteiger charge is -2.25. The molecule has 90 valence electrons. The molecule has 1 saturated heterocycles. The zero-order valence-electron chi connectivity index (χ0n) is 9.32. The largest absolute Gasteiger partial charge is 0.389 e. The molecular formula is C10H18N4O2. The van der Waals surface area contributed by atoms with Gasteiger partial charge in [0, 0.05) is 38.4 Å². The molecular weight excluding hydrogens is 208 g/mol. The molecule has 1 aromatic rings. The van der Waals surface area contributed by atoms with Crippen molar-refractivity contribution in [1.82, 2.24) is 14.7 Å². The van der Waals surface area contributed by atoms with Crippen molar-refractivity contribution in [1.29, 1.82) is 0 Å². The Morgan fingerprint density at radius 3 is 2.56 bits per heavy atom. The molecule has 1 aliphatic heterocycles. The number of hydrogen-bond acceptors (Lipinski definition) is 5. The average Bonchev–Trinajstić information content (AvgIpc) is 2.77. The van der Waals surface area contributed by atoms with Crippen molar-refractivity contribution in [2.24, 2.45) is 12.8 Å². The lowest BCUT2D eigenvalue weighted by Crippen LogP contribution is -2.32. The van der Waals surface area contributed by atoms with Crippen LogP contribution < -0.4 is 5.73 Å². The van der Waals surface area contributed by atoms with E-state index in [1.807, 2.05) is 18.1 Å². The summed E-state index contributed by atoms with van der Waals surface area (Å²) in [7, 11) is 1.85. The van der Waals surface area contributed by atoms with E-state index in [1.165, 1.54) is 0 Å². The van der Waals surface area contributed by atoms with Gasteiger partial charge in [0.2, 0.25) is 0 Å². The van der Waals surface area contributed by atoms with Gasteiger partial charge in [0.05, 0.1) is 24.4 Å². The van der Waals surface area contributed by atoms with E-state index in [2.05, 4.69) is 5.10 Å². The molecule has 0 saturated carbocycles. The summed E-state index contributed by atoms with van der Waals surface area (Å²) in [6, 6.07) is 0.0144. The molecule has 0 spiro atoms. The van der Waals surface area contributed by atoms with E-state index < -0.39 is 12.2 Å². The summed E-state index contributed by atoms with van der Waals surface area (Å²) in [6.07, 6.45) is 2.33. The smallest absolute Gasteiger partial charge is 0.0938 e. The Balaban J connectivity index is 2.12. The monoisotopic (exact) mass is 226 g/mol. The third-order valence-electron chi connectivity index (χ3n) is 3.06.